The fourth-order valence-corrected chi connectivity index (χ4v) is 0.995. The SMILES string of the molecule is C=C(COCCCC)OC(=O)CCCC. The fourth-order valence-electron chi connectivity index (χ4n) is 0.995. The molecule has 0 radical (unpaired) electrons. The highest BCUT2D eigenvalue weighted by molar-refractivity contribution is 5.70. The van der Waals surface area contributed by atoms with Crippen LogP contribution in [0.3, 0.4) is 0 Å². The molecule has 15 heavy (non-hydrogen) atoms. The molecular formula is C12H22O3. The number of esters is 1. The third-order valence-electron chi connectivity index (χ3n) is 1.90. The summed E-state index contributed by atoms with van der Waals surface area (Å²) in [5.74, 6) is 0.202. The molecule has 0 heterocycles. The second-order valence-corrected chi connectivity index (χ2v) is 3.52. The van der Waals surface area contributed by atoms with Gasteiger partial charge in [0.2, 0.25) is 0 Å². The highest BCUT2D eigenvalue weighted by Crippen LogP contribution is 2.02. The quantitative estimate of drug-likeness (QED) is 0.336. The molecule has 0 aliphatic heterocycles. The highest BCUT2D eigenvalue weighted by atomic mass is 16.6. The third kappa shape index (κ3) is 9.47. The van der Waals surface area contributed by atoms with E-state index in [0.29, 0.717) is 25.4 Å². The monoisotopic (exact) mass is 214 g/mol. The van der Waals surface area contributed by atoms with Crippen LogP contribution in [-0.4, -0.2) is 19.2 Å². The Morgan fingerprint density at radius 3 is 2.47 bits per heavy atom. The molecule has 0 aromatic carbocycles. The molecule has 0 aromatic heterocycles. The van der Waals surface area contributed by atoms with Gasteiger partial charge in [-0.05, 0) is 12.8 Å². The Bertz CT molecular complexity index is 187. The van der Waals surface area contributed by atoms with Crippen molar-refractivity contribution in [1.82, 2.24) is 0 Å². The molecule has 0 amide bonds. The first-order valence-corrected chi connectivity index (χ1v) is 5.66. The molecule has 0 saturated carbocycles. The largest absolute Gasteiger partial charge is 0.429 e. The topological polar surface area (TPSA) is 35.5 Å². The zero-order valence-electron chi connectivity index (χ0n) is 9.88. The molecule has 0 aliphatic carbocycles. The van der Waals surface area contributed by atoms with E-state index in [4.69, 9.17) is 9.47 Å². The molecule has 0 aromatic rings. The Morgan fingerprint density at radius 1 is 1.20 bits per heavy atom. The Morgan fingerprint density at radius 2 is 1.87 bits per heavy atom. The van der Waals surface area contributed by atoms with Gasteiger partial charge in [-0.25, -0.2) is 0 Å². The molecule has 3 nitrogen and oxygen atoms in total. The second kappa shape index (κ2) is 9.71. The van der Waals surface area contributed by atoms with Crippen LogP contribution in [-0.2, 0) is 14.3 Å². The van der Waals surface area contributed by atoms with Gasteiger partial charge in [-0.15, -0.1) is 0 Å². The van der Waals surface area contributed by atoms with Crippen molar-refractivity contribution >= 4 is 5.97 Å². The van der Waals surface area contributed by atoms with E-state index < -0.39 is 0 Å². The van der Waals surface area contributed by atoms with E-state index in [-0.39, 0.29) is 5.97 Å². The van der Waals surface area contributed by atoms with Crippen LogP contribution in [0.15, 0.2) is 12.3 Å². The number of ether oxygens (including phenoxy) is 2. The number of hydrogen-bond acceptors (Lipinski definition) is 3. The molecule has 0 atom stereocenters. The lowest BCUT2D eigenvalue weighted by molar-refractivity contribution is -0.140. The van der Waals surface area contributed by atoms with E-state index in [0.717, 1.165) is 25.7 Å². The van der Waals surface area contributed by atoms with E-state index in [1.165, 1.54) is 0 Å². The van der Waals surface area contributed by atoms with Gasteiger partial charge in [0.25, 0.3) is 0 Å². The molecule has 88 valence electrons. The lowest BCUT2D eigenvalue weighted by Crippen LogP contribution is -2.08. The maximum absolute atomic E-state index is 11.2. The maximum Gasteiger partial charge on any atom is 0.310 e. The van der Waals surface area contributed by atoms with Crippen molar-refractivity contribution in [3.05, 3.63) is 12.3 Å². The van der Waals surface area contributed by atoms with Crippen LogP contribution in [0.5, 0.6) is 0 Å². The van der Waals surface area contributed by atoms with Crippen LogP contribution in [0.2, 0.25) is 0 Å². The first kappa shape index (κ1) is 14.2. The van der Waals surface area contributed by atoms with E-state index >= 15 is 0 Å². The smallest absolute Gasteiger partial charge is 0.310 e. The van der Waals surface area contributed by atoms with Gasteiger partial charge in [0, 0.05) is 13.0 Å². The normalized spacial score (nSPS) is 10.0. The molecule has 0 fully saturated rings. The minimum atomic E-state index is -0.207. The second-order valence-electron chi connectivity index (χ2n) is 3.52. The standard InChI is InChI=1S/C12H22O3/c1-4-6-8-12(13)15-11(3)10-14-9-7-5-2/h3-10H2,1-2H3. The van der Waals surface area contributed by atoms with Crippen molar-refractivity contribution in [3.63, 3.8) is 0 Å². The summed E-state index contributed by atoms with van der Waals surface area (Å²) in [6, 6.07) is 0. The fraction of sp³-hybridized carbons (Fsp3) is 0.750. The van der Waals surface area contributed by atoms with Crippen molar-refractivity contribution < 1.29 is 14.3 Å². The zero-order chi connectivity index (χ0) is 11.5. The third-order valence-corrected chi connectivity index (χ3v) is 1.90. The summed E-state index contributed by atoms with van der Waals surface area (Å²) in [7, 11) is 0. The zero-order valence-corrected chi connectivity index (χ0v) is 9.88. The van der Waals surface area contributed by atoms with Gasteiger partial charge in [-0.1, -0.05) is 33.3 Å². The number of carbonyl (C=O) groups excluding carboxylic acids is 1. The first-order chi connectivity index (χ1) is 7.20. The van der Waals surface area contributed by atoms with Gasteiger partial charge in [0.1, 0.15) is 12.4 Å². The molecule has 0 bridgehead atoms. The summed E-state index contributed by atoms with van der Waals surface area (Å²) in [5, 5.41) is 0. The van der Waals surface area contributed by atoms with E-state index in [1.54, 1.807) is 0 Å². The lowest BCUT2D eigenvalue weighted by atomic mass is 10.2. The number of rotatable bonds is 9. The summed E-state index contributed by atoms with van der Waals surface area (Å²) >= 11 is 0. The van der Waals surface area contributed by atoms with Crippen LogP contribution < -0.4 is 0 Å². The molecular weight excluding hydrogens is 192 g/mol. The molecule has 0 saturated heterocycles. The minimum absolute atomic E-state index is 0.207. The summed E-state index contributed by atoms with van der Waals surface area (Å²) in [6.07, 6.45) is 4.45. The summed E-state index contributed by atoms with van der Waals surface area (Å²) < 4.78 is 10.2. The Kier molecular flexibility index (Phi) is 9.18. The first-order valence-electron chi connectivity index (χ1n) is 5.66. The predicted molar refractivity (Wildman–Crippen MR) is 60.5 cm³/mol. The molecule has 3 heteroatoms. The van der Waals surface area contributed by atoms with Crippen LogP contribution in [0, 0.1) is 0 Å². The maximum atomic E-state index is 11.2. The van der Waals surface area contributed by atoms with E-state index in [9.17, 15) is 4.79 Å². The Labute approximate surface area is 92.5 Å². The van der Waals surface area contributed by atoms with Crippen LogP contribution in [0.4, 0.5) is 0 Å². The highest BCUT2D eigenvalue weighted by Gasteiger charge is 2.04. The summed E-state index contributed by atoms with van der Waals surface area (Å²) in [4.78, 5) is 11.2. The van der Waals surface area contributed by atoms with Crippen molar-refractivity contribution in [1.29, 1.82) is 0 Å². The Balaban J connectivity index is 3.43. The van der Waals surface area contributed by atoms with E-state index in [2.05, 4.69) is 13.5 Å². The van der Waals surface area contributed by atoms with Gasteiger partial charge in [-0.2, -0.15) is 0 Å². The van der Waals surface area contributed by atoms with Crippen LogP contribution in [0.1, 0.15) is 46.0 Å². The van der Waals surface area contributed by atoms with Crippen molar-refractivity contribution in [2.45, 2.75) is 46.0 Å². The molecule has 0 aliphatic rings. The summed E-state index contributed by atoms with van der Waals surface area (Å²) in [6.45, 7) is 8.78. The summed E-state index contributed by atoms with van der Waals surface area (Å²) in [5.41, 5.74) is 0. The average molecular weight is 214 g/mol. The predicted octanol–water partition coefficient (Wildman–Crippen LogP) is 3.05. The lowest BCUT2D eigenvalue weighted by Gasteiger charge is -2.07. The van der Waals surface area contributed by atoms with Gasteiger partial charge < -0.3 is 9.47 Å². The van der Waals surface area contributed by atoms with Crippen LogP contribution in [0.25, 0.3) is 0 Å². The van der Waals surface area contributed by atoms with Crippen molar-refractivity contribution in [3.8, 4) is 0 Å². The molecule has 0 N–H and O–H groups in total. The number of unbranched alkanes of at least 4 members (excludes halogenated alkanes) is 2. The van der Waals surface area contributed by atoms with Crippen molar-refractivity contribution in [2.24, 2.45) is 0 Å². The molecule has 0 spiro atoms. The number of hydrogen-bond donors (Lipinski definition) is 0. The Hall–Kier alpha value is -0.830. The molecule has 0 rings (SSSR count). The van der Waals surface area contributed by atoms with E-state index in [1.807, 2.05) is 6.92 Å². The van der Waals surface area contributed by atoms with Crippen molar-refractivity contribution in [2.75, 3.05) is 13.2 Å². The van der Waals surface area contributed by atoms with Crippen LogP contribution >= 0.6 is 0 Å². The number of carbonyl (C=O) groups is 1. The van der Waals surface area contributed by atoms with Gasteiger partial charge in [-0.3, -0.25) is 4.79 Å². The van der Waals surface area contributed by atoms with Gasteiger partial charge >= 0.3 is 5.97 Å². The minimum Gasteiger partial charge on any atom is -0.429 e. The van der Waals surface area contributed by atoms with Gasteiger partial charge in [0.15, 0.2) is 0 Å². The van der Waals surface area contributed by atoms with Gasteiger partial charge in [0.05, 0.1) is 0 Å². The average Bonchev–Trinajstić information content (AvgIpc) is 2.21. The molecule has 0 unspecified atom stereocenters.